The molecule has 0 saturated heterocycles. The van der Waals surface area contributed by atoms with Crippen molar-refractivity contribution in [1.29, 1.82) is 0 Å². The van der Waals surface area contributed by atoms with Crippen molar-refractivity contribution in [1.82, 2.24) is 0 Å². The molecule has 0 N–H and O–H groups in total. The van der Waals surface area contributed by atoms with E-state index in [1.54, 1.807) is 0 Å². The van der Waals surface area contributed by atoms with Crippen molar-refractivity contribution >= 4 is 0 Å². The first-order valence-electron chi connectivity index (χ1n) is 3.62. The fraction of sp³-hybridized carbons (Fsp3) is 1.00. The van der Waals surface area contributed by atoms with Gasteiger partial charge in [0.1, 0.15) is 0 Å². The Morgan fingerprint density at radius 1 is 1.36 bits per heavy atom. The van der Waals surface area contributed by atoms with Crippen molar-refractivity contribution in [2.45, 2.75) is 38.0 Å². The summed E-state index contributed by atoms with van der Waals surface area (Å²) in [6.45, 7) is 1.64. The number of hydrogen-bond donors (Lipinski definition) is 0. The molecule has 0 atom stereocenters. The van der Waals surface area contributed by atoms with Crippen LogP contribution in [0, 0.1) is 0 Å². The Morgan fingerprint density at radius 3 is 2.27 bits per heavy atom. The fourth-order valence-electron chi connectivity index (χ4n) is 0.734. The van der Waals surface area contributed by atoms with E-state index >= 15 is 0 Å². The maximum absolute atomic E-state index is 11.6. The third-order valence-corrected chi connectivity index (χ3v) is 1.79. The van der Waals surface area contributed by atoms with E-state index in [9.17, 15) is 13.2 Å². The van der Waals surface area contributed by atoms with E-state index in [0.717, 1.165) is 12.8 Å². The van der Waals surface area contributed by atoms with Crippen LogP contribution in [0.2, 0.25) is 0 Å². The van der Waals surface area contributed by atoms with Crippen molar-refractivity contribution in [2.75, 3.05) is 6.61 Å². The van der Waals surface area contributed by atoms with Crippen LogP contribution in [0.5, 0.6) is 0 Å². The topological polar surface area (TPSA) is 9.23 Å². The summed E-state index contributed by atoms with van der Waals surface area (Å²) in [5.41, 5.74) is -0.231. The van der Waals surface area contributed by atoms with Gasteiger partial charge < -0.3 is 4.74 Å². The molecule has 1 fully saturated rings. The Balaban J connectivity index is 2.05. The summed E-state index contributed by atoms with van der Waals surface area (Å²) in [5, 5.41) is 0. The van der Waals surface area contributed by atoms with E-state index in [1.165, 1.54) is 0 Å². The van der Waals surface area contributed by atoms with Gasteiger partial charge in [0, 0.05) is 0 Å². The zero-order valence-electron chi connectivity index (χ0n) is 6.37. The predicted octanol–water partition coefficient (Wildman–Crippen LogP) is 2.51. The van der Waals surface area contributed by atoms with Gasteiger partial charge in [-0.3, -0.25) is 0 Å². The second-order valence-electron chi connectivity index (χ2n) is 3.16. The maximum atomic E-state index is 11.6. The molecule has 66 valence electrons. The number of alkyl halides is 3. The Hall–Kier alpha value is -0.250. The Kier molecular flexibility index (Phi) is 2.14. The third kappa shape index (κ3) is 3.60. The highest BCUT2D eigenvalue weighted by atomic mass is 19.4. The first-order chi connectivity index (χ1) is 4.91. The fourth-order valence-corrected chi connectivity index (χ4v) is 0.734. The van der Waals surface area contributed by atoms with Crippen molar-refractivity contribution in [2.24, 2.45) is 0 Å². The average Bonchev–Trinajstić information content (AvgIpc) is 2.44. The Morgan fingerprint density at radius 2 is 1.91 bits per heavy atom. The lowest BCUT2D eigenvalue weighted by atomic mass is 10.4. The minimum atomic E-state index is -4.08. The van der Waals surface area contributed by atoms with Crippen LogP contribution in [0.4, 0.5) is 13.2 Å². The Labute approximate surface area is 63.5 Å². The highest BCUT2D eigenvalue weighted by Crippen LogP contribution is 2.39. The largest absolute Gasteiger partial charge is 0.391 e. The van der Waals surface area contributed by atoms with E-state index in [1.807, 2.05) is 6.92 Å². The first kappa shape index (κ1) is 8.84. The van der Waals surface area contributed by atoms with Crippen molar-refractivity contribution in [3.63, 3.8) is 0 Å². The molecule has 1 aliphatic rings. The van der Waals surface area contributed by atoms with Crippen LogP contribution in [0.15, 0.2) is 0 Å². The SMILES string of the molecule is CC1(OCCC(F)(F)F)CC1. The zero-order valence-corrected chi connectivity index (χ0v) is 6.37. The minimum absolute atomic E-state index is 0.194. The standard InChI is InChI=1S/C7H11F3O/c1-6(2-3-6)11-5-4-7(8,9)10/h2-5H2,1H3. The van der Waals surface area contributed by atoms with Gasteiger partial charge >= 0.3 is 6.18 Å². The monoisotopic (exact) mass is 168 g/mol. The molecule has 0 heterocycles. The van der Waals surface area contributed by atoms with Crippen LogP contribution >= 0.6 is 0 Å². The summed E-state index contributed by atoms with van der Waals surface area (Å²) >= 11 is 0. The highest BCUT2D eigenvalue weighted by Gasteiger charge is 2.39. The van der Waals surface area contributed by atoms with Crippen molar-refractivity contribution in [3.05, 3.63) is 0 Å². The number of halogens is 3. The molecule has 4 heteroatoms. The number of ether oxygens (including phenoxy) is 1. The van der Waals surface area contributed by atoms with E-state index in [2.05, 4.69) is 0 Å². The molecule has 0 spiro atoms. The molecule has 1 nitrogen and oxygen atoms in total. The summed E-state index contributed by atoms with van der Waals surface area (Å²) in [7, 11) is 0. The second-order valence-corrected chi connectivity index (χ2v) is 3.16. The van der Waals surface area contributed by atoms with Crippen LogP contribution < -0.4 is 0 Å². The molecule has 0 aromatic carbocycles. The van der Waals surface area contributed by atoms with Crippen molar-refractivity contribution < 1.29 is 17.9 Å². The Bertz CT molecular complexity index is 132. The van der Waals surface area contributed by atoms with Gasteiger partial charge in [-0.15, -0.1) is 0 Å². The molecule has 11 heavy (non-hydrogen) atoms. The summed E-state index contributed by atoms with van der Waals surface area (Å²) in [6, 6.07) is 0. The number of hydrogen-bond acceptors (Lipinski definition) is 1. The van der Waals surface area contributed by atoms with Gasteiger partial charge in [-0.2, -0.15) is 13.2 Å². The number of rotatable bonds is 3. The molecule has 0 radical (unpaired) electrons. The van der Waals surface area contributed by atoms with Gasteiger partial charge in [-0.05, 0) is 19.8 Å². The van der Waals surface area contributed by atoms with Crippen LogP contribution in [-0.2, 0) is 4.74 Å². The smallest absolute Gasteiger partial charge is 0.375 e. The average molecular weight is 168 g/mol. The molecule has 1 rings (SSSR count). The molecule has 1 saturated carbocycles. The van der Waals surface area contributed by atoms with E-state index in [4.69, 9.17) is 4.74 Å². The van der Waals surface area contributed by atoms with Crippen LogP contribution in [0.1, 0.15) is 26.2 Å². The van der Waals surface area contributed by atoms with Crippen LogP contribution in [0.25, 0.3) is 0 Å². The molecule has 0 aromatic rings. The van der Waals surface area contributed by atoms with Gasteiger partial charge in [-0.25, -0.2) is 0 Å². The molecule has 0 bridgehead atoms. The lowest BCUT2D eigenvalue weighted by molar-refractivity contribution is -0.149. The molecular formula is C7H11F3O. The second kappa shape index (κ2) is 2.66. The van der Waals surface area contributed by atoms with Gasteiger partial charge in [0.2, 0.25) is 0 Å². The van der Waals surface area contributed by atoms with Crippen molar-refractivity contribution in [3.8, 4) is 0 Å². The maximum Gasteiger partial charge on any atom is 0.391 e. The summed E-state index contributed by atoms with van der Waals surface area (Å²) in [5.74, 6) is 0. The summed E-state index contributed by atoms with van der Waals surface area (Å²) < 4.78 is 39.7. The highest BCUT2D eigenvalue weighted by molar-refractivity contribution is 4.90. The van der Waals surface area contributed by atoms with Gasteiger partial charge in [0.05, 0.1) is 18.6 Å². The summed E-state index contributed by atoms with van der Waals surface area (Å²) in [6.07, 6.45) is -3.12. The summed E-state index contributed by atoms with van der Waals surface area (Å²) in [4.78, 5) is 0. The predicted molar refractivity (Wildman–Crippen MR) is 34.3 cm³/mol. The molecule has 0 aromatic heterocycles. The zero-order chi connectivity index (χ0) is 8.54. The van der Waals surface area contributed by atoms with Gasteiger partial charge in [-0.1, -0.05) is 0 Å². The normalized spacial score (nSPS) is 21.8. The van der Waals surface area contributed by atoms with E-state index < -0.39 is 12.6 Å². The molecule has 0 amide bonds. The first-order valence-corrected chi connectivity index (χ1v) is 3.62. The van der Waals surface area contributed by atoms with E-state index in [-0.39, 0.29) is 12.2 Å². The molecule has 0 aliphatic heterocycles. The lowest BCUT2D eigenvalue weighted by Gasteiger charge is -2.11. The van der Waals surface area contributed by atoms with Crippen LogP contribution in [-0.4, -0.2) is 18.4 Å². The molecule has 1 aliphatic carbocycles. The minimum Gasteiger partial charge on any atom is -0.375 e. The quantitative estimate of drug-likeness (QED) is 0.629. The van der Waals surface area contributed by atoms with Crippen LogP contribution in [0.3, 0.4) is 0 Å². The van der Waals surface area contributed by atoms with Gasteiger partial charge in [0.15, 0.2) is 0 Å². The third-order valence-electron chi connectivity index (χ3n) is 1.79. The van der Waals surface area contributed by atoms with E-state index in [0.29, 0.717) is 0 Å². The van der Waals surface area contributed by atoms with Gasteiger partial charge in [0.25, 0.3) is 0 Å². The molecular weight excluding hydrogens is 157 g/mol. The molecule has 0 unspecified atom stereocenters. The lowest BCUT2D eigenvalue weighted by Crippen LogP contribution is -2.16.